The third kappa shape index (κ3) is 4.94. The third-order valence-electron chi connectivity index (χ3n) is 4.37. The van der Waals surface area contributed by atoms with Crippen molar-refractivity contribution in [3.05, 3.63) is 42.1 Å². The molecular weight excluding hydrogens is 414 g/mol. The Hall–Kier alpha value is -3.60. The van der Waals surface area contributed by atoms with Crippen LogP contribution in [0.5, 0.6) is 11.6 Å². The standard InChI is InChI=1S/C20H23N9OS/c1-20(2,3)13-9-14(27-26-13)22-19-25-17(28-29-19)11-5-7-12(8-6-11)30-15-10-16(31-4)24-18(21)23-15/h5-10H,1-4H3,(H2,21,23,24)(H3,22,25,26,27,28,29). The second kappa shape index (κ2) is 8.26. The van der Waals surface area contributed by atoms with Gasteiger partial charge in [0, 0.05) is 28.8 Å². The number of nitrogens with one attached hydrogen (secondary N) is 3. The van der Waals surface area contributed by atoms with E-state index in [4.69, 9.17) is 10.5 Å². The number of aromatic amines is 2. The Morgan fingerprint density at radius 1 is 1.00 bits per heavy atom. The maximum atomic E-state index is 5.79. The molecule has 0 bridgehead atoms. The number of nitrogens with zero attached hydrogens (tertiary/aromatic N) is 5. The van der Waals surface area contributed by atoms with Gasteiger partial charge in [0.05, 0.1) is 0 Å². The first-order chi connectivity index (χ1) is 14.8. The van der Waals surface area contributed by atoms with Crippen molar-refractivity contribution in [1.82, 2.24) is 35.3 Å². The first-order valence-electron chi connectivity index (χ1n) is 9.52. The lowest BCUT2D eigenvalue weighted by atomic mass is 9.92. The van der Waals surface area contributed by atoms with Crippen LogP contribution in [-0.4, -0.2) is 41.6 Å². The quantitative estimate of drug-likeness (QED) is 0.258. The molecule has 3 aromatic heterocycles. The first kappa shape index (κ1) is 20.7. The smallest absolute Gasteiger partial charge is 0.248 e. The molecule has 0 amide bonds. The van der Waals surface area contributed by atoms with Gasteiger partial charge in [0.1, 0.15) is 10.8 Å². The van der Waals surface area contributed by atoms with Gasteiger partial charge in [0.15, 0.2) is 11.6 Å². The predicted molar refractivity (Wildman–Crippen MR) is 121 cm³/mol. The highest BCUT2D eigenvalue weighted by Gasteiger charge is 2.17. The molecule has 0 fully saturated rings. The molecule has 4 rings (SSSR count). The van der Waals surface area contributed by atoms with E-state index in [0.29, 0.717) is 29.2 Å². The molecular formula is C20H23N9OS. The molecule has 0 saturated heterocycles. The summed E-state index contributed by atoms with van der Waals surface area (Å²) in [6.07, 6.45) is 1.91. The summed E-state index contributed by atoms with van der Waals surface area (Å²) in [5, 5.41) is 18.3. The van der Waals surface area contributed by atoms with Crippen LogP contribution in [0, 0.1) is 0 Å². The zero-order chi connectivity index (χ0) is 22.0. The van der Waals surface area contributed by atoms with Crippen molar-refractivity contribution >= 4 is 29.5 Å². The largest absolute Gasteiger partial charge is 0.439 e. The number of aromatic nitrogens is 7. The number of hydrogen-bond donors (Lipinski definition) is 4. The summed E-state index contributed by atoms with van der Waals surface area (Å²) in [5.74, 6) is 2.90. The molecule has 0 aliphatic carbocycles. The molecule has 0 unspecified atom stereocenters. The zero-order valence-corrected chi connectivity index (χ0v) is 18.4. The van der Waals surface area contributed by atoms with Crippen LogP contribution in [0.1, 0.15) is 26.5 Å². The number of benzene rings is 1. The third-order valence-corrected chi connectivity index (χ3v) is 4.99. The minimum atomic E-state index is -0.0185. The molecule has 11 heteroatoms. The number of rotatable bonds is 6. The molecule has 0 spiro atoms. The summed E-state index contributed by atoms with van der Waals surface area (Å²) in [6.45, 7) is 6.35. The van der Waals surface area contributed by atoms with E-state index in [-0.39, 0.29) is 11.4 Å². The Bertz CT molecular complexity index is 1180. The lowest BCUT2D eigenvalue weighted by molar-refractivity contribution is 0.460. The van der Waals surface area contributed by atoms with Crippen molar-refractivity contribution in [2.75, 3.05) is 17.3 Å². The Kier molecular flexibility index (Phi) is 5.51. The van der Waals surface area contributed by atoms with E-state index in [1.807, 2.05) is 36.6 Å². The second-order valence-electron chi connectivity index (χ2n) is 7.78. The lowest BCUT2D eigenvalue weighted by Crippen LogP contribution is -2.11. The number of nitrogens with two attached hydrogens (primary N) is 1. The number of ether oxygens (including phenoxy) is 1. The summed E-state index contributed by atoms with van der Waals surface area (Å²) < 4.78 is 5.79. The predicted octanol–water partition coefficient (Wildman–Crippen LogP) is 4.12. The summed E-state index contributed by atoms with van der Waals surface area (Å²) in [6, 6.07) is 11.1. The van der Waals surface area contributed by atoms with E-state index in [9.17, 15) is 0 Å². The molecule has 0 radical (unpaired) electrons. The molecule has 1 aromatic carbocycles. The van der Waals surface area contributed by atoms with Gasteiger partial charge in [-0.15, -0.1) is 16.9 Å². The van der Waals surface area contributed by atoms with Crippen LogP contribution < -0.4 is 15.8 Å². The van der Waals surface area contributed by atoms with Crippen LogP contribution in [0.4, 0.5) is 17.7 Å². The van der Waals surface area contributed by atoms with Crippen molar-refractivity contribution in [3.8, 4) is 23.0 Å². The minimum Gasteiger partial charge on any atom is -0.439 e. The fourth-order valence-corrected chi connectivity index (χ4v) is 3.11. The fourth-order valence-electron chi connectivity index (χ4n) is 2.71. The Balaban J connectivity index is 1.44. The highest BCUT2D eigenvalue weighted by Crippen LogP contribution is 2.27. The van der Waals surface area contributed by atoms with E-state index < -0.39 is 0 Å². The van der Waals surface area contributed by atoms with Crippen molar-refractivity contribution in [3.63, 3.8) is 0 Å². The maximum absolute atomic E-state index is 5.79. The van der Waals surface area contributed by atoms with Gasteiger partial charge in [0.2, 0.25) is 17.8 Å². The molecule has 10 nitrogen and oxygen atoms in total. The van der Waals surface area contributed by atoms with Crippen LogP contribution >= 0.6 is 11.8 Å². The molecule has 160 valence electrons. The lowest BCUT2D eigenvalue weighted by Gasteiger charge is -2.14. The van der Waals surface area contributed by atoms with E-state index in [2.05, 4.69) is 61.4 Å². The molecule has 0 saturated carbocycles. The van der Waals surface area contributed by atoms with Gasteiger partial charge >= 0.3 is 0 Å². The van der Waals surface area contributed by atoms with Gasteiger partial charge in [-0.3, -0.25) is 10.2 Å². The molecule has 4 aromatic rings. The molecule has 0 aliphatic heterocycles. The highest BCUT2D eigenvalue weighted by atomic mass is 32.2. The maximum Gasteiger partial charge on any atom is 0.248 e. The van der Waals surface area contributed by atoms with E-state index in [0.717, 1.165) is 16.3 Å². The average Bonchev–Trinajstić information content (AvgIpc) is 3.38. The number of thioether (sulfide) groups is 1. The normalized spacial score (nSPS) is 11.5. The van der Waals surface area contributed by atoms with Crippen LogP contribution in [0.2, 0.25) is 0 Å². The van der Waals surface area contributed by atoms with Crippen LogP contribution in [0.25, 0.3) is 11.4 Å². The Morgan fingerprint density at radius 3 is 2.45 bits per heavy atom. The van der Waals surface area contributed by atoms with Crippen molar-refractivity contribution in [2.24, 2.45) is 0 Å². The Labute approximate surface area is 183 Å². The number of H-pyrrole nitrogens is 2. The van der Waals surface area contributed by atoms with E-state index in [1.54, 1.807) is 6.07 Å². The summed E-state index contributed by atoms with van der Waals surface area (Å²) in [7, 11) is 0. The van der Waals surface area contributed by atoms with Gasteiger partial charge in [-0.1, -0.05) is 20.8 Å². The minimum absolute atomic E-state index is 0.0185. The molecule has 31 heavy (non-hydrogen) atoms. The van der Waals surface area contributed by atoms with Crippen LogP contribution in [0.3, 0.4) is 0 Å². The number of nitrogen functional groups attached to an aromatic ring is 1. The molecule has 5 N–H and O–H groups in total. The first-order valence-corrected chi connectivity index (χ1v) is 10.7. The number of hydrogen-bond acceptors (Lipinski definition) is 9. The highest BCUT2D eigenvalue weighted by molar-refractivity contribution is 7.98. The van der Waals surface area contributed by atoms with Gasteiger partial charge in [-0.25, -0.2) is 4.98 Å². The van der Waals surface area contributed by atoms with Crippen LogP contribution in [0.15, 0.2) is 41.4 Å². The zero-order valence-electron chi connectivity index (χ0n) is 17.6. The van der Waals surface area contributed by atoms with Gasteiger partial charge < -0.3 is 15.8 Å². The topological polar surface area (TPSA) is 143 Å². The average molecular weight is 438 g/mol. The summed E-state index contributed by atoms with van der Waals surface area (Å²) in [5.41, 5.74) is 7.59. The molecule has 3 heterocycles. The molecule has 0 atom stereocenters. The fraction of sp³-hybridized carbons (Fsp3) is 0.250. The SMILES string of the molecule is CSc1cc(Oc2ccc(-c3nc(Nc4cc(C(C)(C)C)[nH]n4)n[nH]3)cc2)nc(N)n1. The number of anilines is 3. The van der Waals surface area contributed by atoms with Gasteiger partial charge in [-0.2, -0.15) is 15.1 Å². The Morgan fingerprint density at radius 2 is 1.77 bits per heavy atom. The van der Waals surface area contributed by atoms with E-state index >= 15 is 0 Å². The van der Waals surface area contributed by atoms with E-state index in [1.165, 1.54) is 11.8 Å². The van der Waals surface area contributed by atoms with Crippen molar-refractivity contribution < 1.29 is 4.74 Å². The second-order valence-corrected chi connectivity index (χ2v) is 8.61. The monoisotopic (exact) mass is 437 g/mol. The van der Waals surface area contributed by atoms with Gasteiger partial charge in [0.25, 0.3) is 0 Å². The van der Waals surface area contributed by atoms with Crippen molar-refractivity contribution in [2.45, 2.75) is 31.2 Å². The van der Waals surface area contributed by atoms with Crippen LogP contribution in [-0.2, 0) is 5.41 Å². The van der Waals surface area contributed by atoms with Crippen molar-refractivity contribution in [1.29, 1.82) is 0 Å². The summed E-state index contributed by atoms with van der Waals surface area (Å²) in [4.78, 5) is 12.7. The molecule has 0 aliphatic rings. The van der Waals surface area contributed by atoms with Gasteiger partial charge in [-0.05, 0) is 30.5 Å². The summed E-state index contributed by atoms with van der Waals surface area (Å²) >= 11 is 1.47.